The van der Waals surface area contributed by atoms with Crippen molar-refractivity contribution < 1.29 is 22.7 Å². The maximum atomic E-state index is 13.0. The van der Waals surface area contributed by atoms with Gasteiger partial charge in [-0.3, -0.25) is 9.52 Å². The van der Waals surface area contributed by atoms with Gasteiger partial charge in [0.05, 0.1) is 4.90 Å². The maximum absolute atomic E-state index is 13.0. The molecule has 1 heterocycles. The van der Waals surface area contributed by atoms with Gasteiger partial charge in [-0.15, -0.1) is 0 Å². The fourth-order valence-electron chi connectivity index (χ4n) is 4.42. The van der Waals surface area contributed by atoms with Gasteiger partial charge >= 0.3 is 6.09 Å². The number of hydrogen-bond donors (Lipinski definition) is 4. The van der Waals surface area contributed by atoms with Crippen molar-refractivity contribution >= 4 is 39.3 Å². The largest absolute Gasteiger partial charge is 0.444 e. The van der Waals surface area contributed by atoms with E-state index in [2.05, 4.69) is 30.6 Å². The summed E-state index contributed by atoms with van der Waals surface area (Å²) in [5.74, 6) is -0.0889. The minimum absolute atomic E-state index is 0.0400. The predicted octanol–water partition coefficient (Wildman–Crippen LogP) is 5.09. The first-order valence-electron chi connectivity index (χ1n) is 13.5. The predicted molar refractivity (Wildman–Crippen MR) is 157 cm³/mol. The van der Waals surface area contributed by atoms with Crippen LogP contribution < -0.4 is 20.7 Å². The molecule has 3 aromatic rings. The van der Waals surface area contributed by atoms with E-state index in [4.69, 9.17) is 4.74 Å². The van der Waals surface area contributed by atoms with Gasteiger partial charge < -0.3 is 20.7 Å². The van der Waals surface area contributed by atoms with Gasteiger partial charge in [-0.1, -0.05) is 18.2 Å². The highest BCUT2D eigenvalue weighted by atomic mass is 32.2. The summed E-state index contributed by atoms with van der Waals surface area (Å²) in [5.41, 5.74) is 1.15. The number of sulfonamides is 1. The number of hydrogen-bond acceptors (Lipinski definition) is 8. The van der Waals surface area contributed by atoms with E-state index >= 15 is 0 Å². The molecular weight excluding hydrogens is 544 g/mol. The average Bonchev–Trinajstić information content (AvgIpc) is 2.89. The van der Waals surface area contributed by atoms with Gasteiger partial charge in [0.25, 0.3) is 15.9 Å². The third kappa shape index (κ3) is 8.90. The second kappa shape index (κ2) is 12.5. The zero-order valence-electron chi connectivity index (χ0n) is 23.6. The summed E-state index contributed by atoms with van der Waals surface area (Å²) in [4.78, 5) is 33.9. The second-order valence-corrected chi connectivity index (χ2v) is 12.7. The Labute approximate surface area is 240 Å². The zero-order valence-corrected chi connectivity index (χ0v) is 24.4. The fourth-order valence-corrected chi connectivity index (χ4v) is 5.48. The topological polar surface area (TPSA) is 151 Å². The molecule has 1 aliphatic rings. The summed E-state index contributed by atoms with van der Waals surface area (Å²) < 4.78 is 33.2. The number of benzene rings is 2. The van der Waals surface area contributed by atoms with Gasteiger partial charge in [-0.05, 0) is 95.8 Å². The van der Waals surface area contributed by atoms with Gasteiger partial charge in [0.15, 0.2) is 0 Å². The van der Waals surface area contributed by atoms with Crippen molar-refractivity contribution in [2.24, 2.45) is 0 Å². The molecule has 0 spiro atoms. The van der Waals surface area contributed by atoms with Crippen LogP contribution in [0.3, 0.4) is 0 Å². The van der Waals surface area contributed by atoms with E-state index in [-0.39, 0.29) is 22.7 Å². The number of aryl methyl sites for hydroxylation is 1. The standard InChI is InChI=1S/C29H36N6O5S/c1-19-18-25(34-27(30-19)32-21-10-12-22(13-11-21)33-28(37)40-29(2,3)4)26(36)31-20-14-16-24(17-15-20)41(38,39)35-23-8-6-5-7-9-23/h5-9,14-18,21-22,35H,10-13H2,1-4H3,(H,31,36)(H,33,37)(H,30,32,34). The molecule has 0 aliphatic heterocycles. The van der Waals surface area contributed by atoms with E-state index in [0.29, 0.717) is 23.0 Å². The van der Waals surface area contributed by atoms with Crippen LogP contribution in [-0.2, 0) is 14.8 Å². The third-order valence-electron chi connectivity index (χ3n) is 6.32. The summed E-state index contributed by atoms with van der Waals surface area (Å²) in [6.45, 7) is 7.28. The highest BCUT2D eigenvalue weighted by Gasteiger charge is 2.25. The van der Waals surface area contributed by atoms with Crippen LogP contribution >= 0.6 is 0 Å². The second-order valence-electron chi connectivity index (χ2n) is 11.0. The van der Waals surface area contributed by atoms with E-state index in [9.17, 15) is 18.0 Å². The Morgan fingerprint density at radius 2 is 1.51 bits per heavy atom. The number of ether oxygens (including phenoxy) is 1. The Morgan fingerprint density at radius 1 is 0.878 bits per heavy atom. The molecule has 0 bridgehead atoms. The first-order valence-corrected chi connectivity index (χ1v) is 15.0. The molecular formula is C29H36N6O5S. The molecule has 0 atom stereocenters. The Bertz CT molecular complexity index is 1470. The molecule has 2 amide bonds. The van der Waals surface area contributed by atoms with Crippen LogP contribution in [0.15, 0.2) is 65.6 Å². The van der Waals surface area contributed by atoms with Crippen molar-refractivity contribution in [1.82, 2.24) is 15.3 Å². The molecule has 0 radical (unpaired) electrons. The van der Waals surface area contributed by atoms with Crippen molar-refractivity contribution in [3.63, 3.8) is 0 Å². The van der Waals surface area contributed by atoms with E-state index in [1.54, 1.807) is 43.3 Å². The lowest BCUT2D eigenvalue weighted by Gasteiger charge is -2.30. The molecule has 0 saturated heterocycles. The minimum Gasteiger partial charge on any atom is -0.444 e. The quantitative estimate of drug-likeness (QED) is 0.288. The van der Waals surface area contributed by atoms with Crippen molar-refractivity contribution in [3.05, 3.63) is 72.1 Å². The molecule has 1 aliphatic carbocycles. The number of aromatic nitrogens is 2. The van der Waals surface area contributed by atoms with Crippen LogP contribution in [0.2, 0.25) is 0 Å². The minimum atomic E-state index is -3.77. The normalized spacial score (nSPS) is 17.3. The van der Waals surface area contributed by atoms with Crippen LogP contribution in [0.5, 0.6) is 0 Å². The van der Waals surface area contributed by atoms with Gasteiger partial charge in [0, 0.05) is 29.2 Å². The number of nitrogens with zero attached hydrogens (tertiary/aromatic N) is 2. The molecule has 4 N–H and O–H groups in total. The monoisotopic (exact) mass is 580 g/mol. The van der Waals surface area contributed by atoms with Crippen LogP contribution in [0.1, 0.15) is 62.6 Å². The van der Waals surface area contributed by atoms with Gasteiger partial charge in [0.1, 0.15) is 11.3 Å². The molecule has 41 heavy (non-hydrogen) atoms. The Balaban J connectivity index is 1.32. The number of rotatable bonds is 8. The van der Waals surface area contributed by atoms with Crippen molar-refractivity contribution in [2.45, 2.75) is 76.0 Å². The average molecular weight is 581 g/mol. The van der Waals surface area contributed by atoms with Crippen LogP contribution in [0, 0.1) is 6.92 Å². The lowest BCUT2D eigenvalue weighted by atomic mass is 9.91. The van der Waals surface area contributed by atoms with Crippen molar-refractivity contribution in [3.8, 4) is 0 Å². The van der Waals surface area contributed by atoms with E-state index in [1.807, 2.05) is 20.8 Å². The molecule has 11 nitrogen and oxygen atoms in total. The number of nitrogens with one attached hydrogen (secondary N) is 4. The number of para-hydroxylation sites is 1. The highest BCUT2D eigenvalue weighted by Crippen LogP contribution is 2.23. The Kier molecular flexibility index (Phi) is 9.11. The molecule has 218 valence electrons. The zero-order chi connectivity index (χ0) is 29.6. The Morgan fingerprint density at radius 3 is 2.15 bits per heavy atom. The first kappa shape index (κ1) is 29.8. The lowest BCUT2D eigenvalue weighted by molar-refractivity contribution is 0.0492. The molecule has 2 aromatic carbocycles. The summed E-state index contributed by atoms with van der Waals surface area (Å²) >= 11 is 0. The molecule has 0 unspecified atom stereocenters. The van der Waals surface area contributed by atoms with Gasteiger partial charge in [0.2, 0.25) is 5.95 Å². The van der Waals surface area contributed by atoms with Gasteiger partial charge in [-0.2, -0.15) is 0 Å². The van der Waals surface area contributed by atoms with Crippen LogP contribution in [-0.4, -0.2) is 48.1 Å². The molecule has 4 rings (SSSR count). The third-order valence-corrected chi connectivity index (χ3v) is 7.71. The summed E-state index contributed by atoms with van der Waals surface area (Å²) in [6.07, 6.45) is 2.75. The summed E-state index contributed by atoms with van der Waals surface area (Å²) in [7, 11) is -3.77. The van der Waals surface area contributed by atoms with Crippen molar-refractivity contribution in [1.29, 1.82) is 0 Å². The van der Waals surface area contributed by atoms with Crippen LogP contribution in [0.25, 0.3) is 0 Å². The fraction of sp³-hybridized carbons (Fsp3) is 0.379. The van der Waals surface area contributed by atoms with Gasteiger partial charge in [-0.25, -0.2) is 23.2 Å². The number of anilines is 3. The van der Waals surface area contributed by atoms with E-state index in [0.717, 1.165) is 25.7 Å². The van der Waals surface area contributed by atoms with Crippen molar-refractivity contribution in [2.75, 3.05) is 15.4 Å². The smallest absolute Gasteiger partial charge is 0.407 e. The molecule has 1 aromatic heterocycles. The highest BCUT2D eigenvalue weighted by molar-refractivity contribution is 7.92. The number of carbonyl (C=O) groups excluding carboxylic acids is 2. The molecule has 1 saturated carbocycles. The maximum Gasteiger partial charge on any atom is 0.407 e. The van der Waals surface area contributed by atoms with Crippen LogP contribution in [0.4, 0.5) is 22.1 Å². The number of carbonyl (C=O) groups is 2. The van der Waals surface area contributed by atoms with E-state index < -0.39 is 27.6 Å². The molecule has 1 fully saturated rings. The number of alkyl carbamates (subject to hydrolysis) is 1. The summed E-state index contributed by atoms with van der Waals surface area (Å²) in [6, 6.07) is 16.2. The SMILES string of the molecule is Cc1cc(C(=O)Nc2ccc(S(=O)(=O)Nc3ccccc3)cc2)nc(NC2CCC(NC(=O)OC(C)(C)C)CC2)n1. The molecule has 12 heteroatoms. The van der Waals surface area contributed by atoms with E-state index in [1.165, 1.54) is 24.3 Å². The first-order chi connectivity index (χ1) is 19.4. The number of amides is 2. The Hall–Kier alpha value is -4.19. The lowest BCUT2D eigenvalue weighted by Crippen LogP contribution is -2.42. The summed E-state index contributed by atoms with van der Waals surface area (Å²) in [5, 5.41) is 9.01.